The number of oxazole rings is 1. The number of rotatable bonds is 2. The molecule has 4 rings (SSSR count). The van der Waals surface area contributed by atoms with Crippen LogP contribution in [0.2, 0.25) is 5.02 Å². The lowest BCUT2D eigenvalue weighted by atomic mass is 10.0. The maximum atomic E-state index is 10.2. The van der Waals surface area contributed by atoms with Gasteiger partial charge >= 0.3 is 5.95 Å². The quantitative estimate of drug-likeness (QED) is 0.649. The molecular formula is C20H15ClN2O2. The van der Waals surface area contributed by atoms with Crippen LogP contribution in [-0.4, -0.2) is 15.8 Å². The average Bonchev–Trinajstić information content (AvgIpc) is 3.09. The number of fused-ring (bicyclic) bond motifs is 1. The molecule has 0 bridgehead atoms. The van der Waals surface area contributed by atoms with Gasteiger partial charge in [-0.3, -0.25) is 4.99 Å². The lowest BCUT2D eigenvalue weighted by molar-refractivity contribution is 0.336. The number of aliphatic imine (C=N–C) groups is 1. The summed E-state index contributed by atoms with van der Waals surface area (Å²) in [7, 11) is 0. The second-order valence-corrected chi connectivity index (χ2v) is 6.37. The fraction of sp³-hybridized carbons (Fsp3) is 0.100. The van der Waals surface area contributed by atoms with E-state index in [-0.39, 0.29) is 11.8 Å². The highest BCUT2D eigenvalue weighted by molar-refractivity contribution is 6.33. The van der Waals surface area contributed by atoms with Crippen LogP contribution in [0, 0.1) is 6.92 Å². The summed E-state index contributed by atoms with van der Waals surface area (Å²) in [6.45, 7) is 3.97. The number of aromatic hydroxyl groups is 1. The van der Waals surface area contributed by atoms with Crippen molar-refractivity contribution in [2.24, 2.45) is 4.99 Å². The van der Waals surface area contributed by atoms with E-state index in [1.165, 1.54) is 0 Å². The Morgan fingerprint density at radius 3 is 2.68 bits per heavy atom. The van der Waals surface area contributed by atoms with Crippen molar-refractivity contribution in [2.45, 2.75) is 13.8 Å². The molecule has 3 aromatic rings. The number of aromatic nitrogens is 1. The lowest BCUT2D eigenvalue weighted by Gasteiger charge is -2.02. The van der Waals surface area contributed by atoms with Gasteiger partial charge in [-0.15, -0.1) is 0 Å². The number of halogens is 1. The van der Waals surface area contributed by atoms with Crippen molar-refractivity contribution in [3.8, 4) is 17.4 Å². The highest BCUT2D eigenvalue weighted by atomic mass is 35.5. The summed E-state index contributed by atoms with van der Waals surface area (Å²) in [5, 5.41) is 10.7. The van der Waals surface area contributed by atoms with Gasteiger partial charge in [-0.2, -0.15) is 0 Å². The maximum Gasteiger partial charge on any atom is 0.310 e. The fourth-order valence-electron chi connectivity index (χ4n) is 2.89. The van der Waals surface area contributed by atoms with E-state index in [4.69, 9.17) is 16.0 Å². The minimum Gasteiger partial charge on any atom is -0.479 e. The molecule has 0 saturated heterocycles. The van der Waals surface area contributed by atoms with Crippen molar-refractivity contribution in [1.82, 2.24) is 4.98 Å². The van der Waals surface area contributed by atoms with Crippen molar-refractivity contribution < 1.29 is 9.52 Å². The number of nitrogens with zero attached hydrogens (tertiary/aromatic N) is 2. The molecule has 2 heterocycles. The van der Waals surface area contributed by atoms with Crippen LogP contribution in [0.5, 0.6) is 5.95 Å². The van der Waals surface area contributed by atoms with Crippen molar-refractivity contribution >= 4 is 34.6 Å². The third-order valence-corrected chi connectivity index (χ3v) is 4.47. The molecule has 0 amide bonds. The molecule has 1 aliphatic heterocycles. The Morgan fingerprint density at radius 1 is 1.08 bits per heavy atom. The van der Waals surface area contributed by atoms with E-state index in [2.05, 4.69) is 16.0 Å². The Morgan fingerprint density at radius 2 is 1.88 bits per heavy atom. The number of hydrogen-bond acceptors (Lipinski definition) is 4. The zero-order chi connectivity index (χ0) is 17.6. The standard InChI is InChI=1S/C20H15ClN2O2/c1-11-7-8-17-15(9-11)14(12(2)22-17)10-18-20(24)25-19(23-18)13-5-3-4-6-16(13)21/h3-10,24H,1-2H3. The first-order valence-electron chi connectivity index (χ1n) is 7.86. The van der Waals surface area contributed by atoms with Crippen LogP contribution in [-0.2, 0) is 0 Å². The van der Waals surface area contributed by atoms with Gasteiger partial charge in [0.2, 0.25) is 5.89 Å². The number of benzene rings is 2. The summed E-state index contributed by atoms with van der Waals surface area (Å²) in [5.41, 5.74) is 5.89. The van der Waals surface area contributed by atoms with E-state index < -0.39 is 0 Å². The molecule has 0 aliphatic carbocycles. The first-order valence-corrected chi connectivity index (χ1v) is 8.24. The van der Waals surface area contributed by atoms with Crippen molar-refractivity contribution in [3.05, 3.63) is 64.3 Å². The van der Waals surface area contributed by atoms with E-state index in [0.29, 0.717) is 16.3 Å². The van der Waals surface area contributed by atoms with Crippen LogP contribution >= 0.6 is 11.6 Å². The molecule has 0 spiro atoms. The molecule has 1 N–H and O–H groups in total. The van der Waals surface area contributed by atoms with E-state index >= 15 is 0 Å². The molecule has 2 aromatic carbocycles. The molecule has 0 fully saturated rings. The third kappa shape index (κ3) is 2.75. The predicted molar refractivity (Wildman–Crippen MR) is 100 cm³/mol. The first-order chi connectivity index (χ1) is 12.0. The number of aryl methyl sites for hydroxylation is 1. The molecular weight excluding hydrogens is 336 g/mol. The molecule has 5 heteroatoms. The Balaban J connectivity index is 1.80. The molecule has 1 aromatic heterocycles. The van der Waals surface area contributed by atoms with Crippen LogP contribution in [0.15, 0.2) is 51.9 Å². The summed E-state index contributed by atoms with van der Waals surface area (Å²) in [6.07, 6.45) is 1.79. The Labute approximate surface area is 150 Å². The maximum absolute atomic E-state index is 10.2. The summed E-state index contributed by atoms with van der Waals surface area (Å²) in [5.74, 6) is 0.0447. The van der Waals surface area contributed by atoms with E-state index in [1.54, 1.807) is 18.2 Å². The molecule has 0 unspecified atom stereocenters. The third-order valence-electron chi connectivity index (χ3n) is 4.14. The smallest absolute Gasteiger partial charge is 0.310 e. The molecule has 0 radical (unpaired) electrons. The summed E-state index contributed by atoms with van der Waals surface area (Å²) in [4.78, 5) is 8.97. The van der Waals surface area contributed by atoms with E-state index in [0.717, 1.165) is 28.1 Å². The minimum absolute atomic E-state index is 0.240. The summed E-state index contributed by atoms with van der Waals surface area (Å²) in [6, 6.07) is 13.3. The molecule has 1 aliphatic rings. The fourth-order valence-corrected chi connectivity index (χ4v) is 3.10. The van der Waals surface area contributed by atoms with Gasteiger partial charge in [0, 0.05) is 16.8 Å². The van der Waals surface area contributed by atoms with Gasteiger partial charge in [-0.05, 0) is 44.2 Å². The van der Waals surface area contributed by atoms with Gasteiger partial charge in [0.15, 0.2) is 0 Å². The van der Waals surface area contributed by atoms with Gasteiger partial charge in [-0.1, -0.05) is 35.4 Å². The zero-order valence-electron chi connectivity index (χ0n) is 13.7. The molecule has 4 nitrogen and oxygen atoms in total. The van der Waals surface area contributed by atoms with Gasteiger partial charge < -0.3 is 9.52 Å². The topological polar surface area (TPSA) is 58.6 Å². The van der Waals surface area contributed by atoms with Crippen LogP contribution in [0.3, 0.4) is 0 Å². The Kier molecular flexibility index (Phi) is 3.70. The highest BCUT2D eigenvalue weighted by Crippen LogP contribution is 2.38. The van der Waals surface area contributed by atoms with Crippen molar-refractivity contribution in [2.75, 3.05) is 0 Å². The number of allylic oxidation sites excluding steroid dienone is 1. The Bertz CT molecular complexity index is 1050. The minimum atomic E-state index is -0.240. The zero-order valence-corrected chi connectivity index (χ0v) is 14.5. The lowest BCUT2D eigenvalue weighted by Crippen LogP contribution is -1.91. The second-order valence-electron chi connectivity index (χ2n) is 5.97. The van der Waals surface area contributed by atoms with Gasteiger partial charge in [-0.25, -0.2) is 4.98 Å². The second kappa shape index (κ2) is 5.90. The van der Waals surface area contributed by atoms with Crippen molar-refractivity contribution in [3.63, 3.8) is 0 Å². The largest absolute Gasteiger partial charge is 0.479 e. The monoisotopic (exact) mass is 350 g/mol. The van der Waals surface area contributed by atoms with Gasteiger partial charge in [0.05, 0.1) is 16.3 Å². The van der Waals surface area contributed by atoms with E-state index in [1.807, 2.05) is 38.1 Å². The van der Waals surface area contributed by atoms with E-state index in [9.17, 15) is 5.11 Å². The van der Waals surface area contributed by atoms with Crippen LogP contribution in [0.1, 0.15) is 23.7 Å². The van der Waals surface area contributed by atoms with Crippen LogP contribution in [0.4, 0.5) is 5.69 Å². The summed E-state index contributed by atoms with van der Waals surface area (Å²) >= 11 is 6.18. The molecule has 0 saturated carbocycles. The van der Waals surface area contributed by atoms with Gasteiger partial charge in [0.25, 0.3) is 0 Å². The summed E-state index contributed by atoms with van der Waals surface area (Å²) < 4.78 is 5.41. The molecule has 124 valence electrons. The molecule has 0 atom stereocenters. The van der Waals surface area contributed by atoms with Gasteiger partial charge in [0.1, 0.15) is 5.69 Å². The average molecular weight is 351 g/mol. The predicted octanol–water partition coefficient (Wildman–Crippen LogP) is 5.66. The first kappa shape index (κ1) is 15.7. The molecule has 25 heavy (non-hydrogen) atoms. The van der Waals surface area contributed by atoms with Crippen LogP contribution < -0.4 is 0 Å². The number of hydrogen-bond donors (Lipinski definition) is 1. The van der Waals surface area contributed by atoms with Crippen LogP contribution in [0.25, 0.3) is 23.1 Å². The highest BCUT2D eigenvalue weighted by Gasteiger charge is 2.21. The van der Waals surface area contributed by atoms with Crippen molar-refractivity contribution in [1.29, 1.82) is 0 Å². The normalized spacial score (nSPS) is 14.7. The Hall–Kier alpha value is -2.85. The SMILES string of the molecule is CC1=Nc2ccc(C)cc2C1=Cc1nc(-c2ccccc2Cl)oc1O.